The molecule has 0 spiro atoms. The van der Waals surface area contributed by atoms with Crippen LogP contribution in [0, 0.1) is 0 Å². The Balaban J connectivity index is 1.69. The average Bonchev–Trinajstić information content (AvgIpc) is 2.77. The molecule has 0 radical (unpaired) electrons. The van der Waals surface area contributed by atoms with Gasteiger partial charge in [0.05, 0.1) is 0 Å². The Morgan fingerprint density at radius 1 is 1.12 bits per heavy atom. The summed E-state index contributed by atoms with van der Waals surface area (Å²) in [5.74, 6) is 1.04. The zero-order chi connectivity index (χ0) is 10.8. The number of rotatable bonds is 2. The monoisotopic (exact) mass is 218 g/mol. The predicted octanol–water partition coefficient (Wildman–Crippen LogP) is 1.79. The highest BCUT2D eigenvalue weighted by atomic mass is 16.5. The molecule has 0 unspecified atom stereocenters. The van der Waals surface area contributed by atoms with Crippen molar-refractivity contribution in [3.8, 4) is 5.75 Å². The molecular weight excluding hydrogens is 200 g/mol. The first-order chi connectivity index (χ1) is 7.92. The van der Waals surface area contributed by atoms with Crippen molar-refractivity contribution in [1.82, 2.24) is 5.32 Å². The van der Waals surface area contributed by atoms with Gasteiger partial charge in [0, 0.05) is 12.2 Å². The molecule has 3 nitrogen and oxygen atoms in total. The van der Waals surface area contributed by atoms with Gasteiger partial charge >= 0.3 is 0 Å². The van der Waals surface area contributed by atoms with E-state index in [0.29, 0.717) is 6.10 Å². The van der Waals surface area contributed by atoms with E-state index in [9.17, 15) is 0 Å². The summed E-state index contributed by atoms with van der Waals surface area (Å²) in [6.45, 7) is 3.22. The summed E-state index contributed by atoms with van der Waals surface area (Å²) < 4.78 is 6.01. The zero-order valence-electron chi connectivity index (χ0n) is 9.46. The molecule has 3 heteroatoms. The summed E-state index contributed by atoms with van der Waals surface area (Å²) in [6, 6.07) is 6.41. The van der Waals surface area contributed by atoms with E-state index in [1.54, 1.807) is 0 Å². The second-order valence-corrected chi connectivity index (χ2v) is 4.56. The maximum atomic E-state index is 6.01. The maximum Gasteiger partial charge on any atom is 0.120 e. The van der Waals surface area contributed by atoms with Crippen LogP contribution >= 0.6 is 0 Å². The normalized spacial score (nSPS) is 20.2. The highest BCUT2D eigenvalue weighted by molar-refractivity contribution is 5.57. The van der Waals surface area contributed by atoms with Crippen molar-refractivity contribution in [2.24, 2.45) is 0 Å². The topological polar surface area (TPSA) is 33.3 Å². The number of ether oxygens (including phenoxy) is 1. The lowest BCUT2D eigenvalue weighted by Gasteiger charge is -2.24. The van der Waals surface area contributed by atoms with E-state index in [2.05, 4.69) is 28.8 Å². The lowest BCUT2D eigenvalue weighted by molar-refractivity contribution is 0.162. The molecule has 1 saturated heterocycles. The van der Waals surface area contributed by atoms with Crippen LogP contribution in [-0.2, 0) is 6.42 Å². The molecule has 0 atom stereocenters. The average molecular weight is 218 g/mol. The van der Waals surface area contributed by atoms with Crippen molar-refractivity contribution in [2.75, 3.05) is 25.0 Å². The minimum absolute atomic E-state index is 0.397. The SMILES string of the molecule is c1cc2c(cc1OC1CCNCC1)CCN2. The van der Waals surface area contributed by atoms with Crippen molar-refractivity contribution in [2.45, 2.75) is 25.4 Å². The highest BCUT2D eigenvalue weighted by Crippen LogP contribution is 2.27. The van der Waals surface area contributed by atoms with Crippen LogP contribution in [0.25, 0.3) is 0 Å². The third-order valence-corrected chi connectivity index (χ3v) is 3.38. The van der Waals surface area contributed by atoms with E-state index in [1.807, 2.05) is 0 Å². The van der Waals surface area contributed by atoms with Gasteiger partial charge in [0.1, 0.15) is 11.9 Å². The Morgan fingerprint density at radius 3 is 2.88 bits per heavy atom. The molecule has 86 valence electrons. The first kappa shape index (κ1) is 9.97. The van der Waals surface area contributed by atoms with Crippen LogP contribution in [0.2, 0.25) is 0 Å². The number of piperidine rings is 1. The Bertz CT molecular complexity index is 372. The molecule has 0 saturated carbocycles. The number of benzene rings is 1. The van der Waals surface area contributed by atoms with Crippen LogP contribution in [-0.4, -0.2) is 25.7 Å². The molecule has 0 aromatic heterocycles. The van der Waals surface area contributed by atoms with E-state index in [1.165, 1.54) is 11.3 Å². The van der Waals surface area contributed by atoms with Crippen LogP contribution < -0.4 is 15.4 Å². The van der Waals surface area contributed by atoms with Gasteiger partial charge in [-0.2, -0.15) is 0 Å². The lowest BCUT2D eigenvalue weighted by atomic mass is 10.1. The predicted molar refractivity (Wildman–Crippen MR) is 65.2 cm³/mol. The van der Waals surface area contributed by atoms with E-state index in [-0.39, 0.29) is 0 Å². The summed E-state index contributed by atoms with van der Waals surface area (Å²) in [5, 5.41) is 6.72. The molecule has 1 aromatic carbocycles. The van der Waals surface area contributed by atoms with Crippen LogP contribution in [0.5, 0.6) is 5.75 Å². The standard InChI is InChI=1S/C13H18N2O/c1-2-13-10(3-8-15-13)9-12(1)16-11-4-6-14-7-5-11/h1-2,9,11,14-15H,3-8H2. The lowest BCUT2D eigenvalue weighted by Crippen LogP contribution is -2.34. The summed E-state index contributed by atoms with van der Waals surface area (Å²) in [7, 11) is 0. The van der Waals surface area contributed by atoms with Crippen LogP contribution in [0.15, 0.2) is 18.2 Å². The summed E-state index contributed by atoms with van der Waals surface area (Å²) in [4.78, 5) is 0. The van der Waals surface area contributed by atoms with Gasteiger partial charge in [-0.05, 0) is 56.1 Å². The van der Waals surface area contributed by atoms with Gasteiger partial charge in [-0.3, -0.25) is 0 Å². The molecule has 3 rings (SSSR count). The molecular formula is C13H18N2O. The molecule has 16 heavy (non-hydrogen) atoms. The van der Waals surface area contributed by atoms with E-state index in [4.69, 9.17) is 4.74 Å². The van der Waals surface area contributed by atoms with Gasteiger partial charge in [-0.1, -0.05) is 0 Å². The quantitative estimate of drug-likeness (QED) is 0.794. The van der Waals surface area contributed by atoms with E-state index >= 15 is 0 Å². The Labute approximate surface area is 96.2 Å². The second kappa shape index (κ2) is 4.34. The van der Waals surface area contributed by atoms with Gasteiger partial charge in [0.2, 0.25) is 0 Å². The van der Waals surface area contributed by atoms with Crippen molar-refractivity contribution < 1.29 is 4.74 Å². The van der Waals surface area contributed by atoms with Crippen molar-refractivity contribution in [3.63, 3.8) is 0 Å². The minimum atomic E-state index is 0.397. The van der Waals surface area contributed by atoms with Crippen LogP contribution in [0.4, 0.5) is 5.69 Å². The third kappa shape index (κ3) is 2.00. The summed E-state index contributed by atoms with van der Waals surface area (Å²) in [5.41, 5.74) is 2.67. The van der Waals surface area contributed by atoms with E-state index in [0.717, 1.165) is 44.6 Å². The van der Waals surface area contributed by atoms with Gasteiger partial charge in [0.25, 0.3) is 0 Å². The fourth-order valence-electron chi connectivity index (χ4n) is 2.46. The third-order valence-electron chi connectivity index (χ3n) is 3.38. The van der Waals surface area contributed by atoms with E-state index < -0.39 is 0 Å². The largest absolute Gasteiger partial charge is 0.490 e. The Hall–Kier alpha value is -1.22. The van der Waals surface area contributed by atoms with Gasteiger partial charge < -0.3 is 15.4 Å². The van der Waals surface area contributed by atoms with Crippen molar-refractivity contribution >= 4 is 5.69 Å². The fourth-order valence-corrected chi connectivity index (χ4v) is 2.46. The highest BCUT2D eigenvalue weighted by Gasteiger charge is 2.16. The smallest absolute Gasteiger partial charge is 0.120 e. The fraction of sp³-hybridized carbons (Fsp3) is 0.538. The number of nitrogens with one attached hydrogen (secondary N) is 2. The first-order valence-corrected chi connectivity index (χ1v) is 6.16. The number of hydrogen-bond acceptors (Lipinski definition) is 3. The van der Waals surface area contributed by atoms with Crippen LogP contribution in [0.1, 0.15) is 18.4 Å². The summed E-state index contributed by atoms with van der Waals surface area (Å²) >= 11 is 0. The molecule has 0 amide bonds. The zero-order valence-corrected chi connectivity index (χ0v) is 9.46. The Kier molecular flexibility index (Phi) is 2.70. The number of anilines is 1. The molecule has 2 aliphatic heterocycles. The van der Waals surface area contributed by atoms with Gasteiger partial charge in [-0.15, -0.1) is 0 Å². The molecule has 1 aromatic rings. The minimum Gasteiger partial charge on any atom is -0.490 e. The molecule has 2 heterocycles. The summed E-state index contributed by atoms with van der Waals surface area (Å²) in [6.07, 6.45) is 3.76. The Morgan fingerprint density at radius 2 is 2.00 bits per heavy atom. The first-order valence-electron chi connectivity index (χ1n) is 6.16. The molecule has 0 bridgehead atoms. The molecule has 2 N–H and O–H groups in total. The maximum absolute atomic E-state index is 6.01. The van der Waals surface area contributed by atoms with Gasteiger partial charge in [-0.25, -0.2) is 0 Å². The van der Waals surface area contributed by atoms with Gasteiger partial charge in [0.15, 0.2) is 0 Å². The second-order valence-electron chi connectivity index (χ2n) is 4.56. The molecule has 2 aliphatic rings. The number of fused-ring (bicyclic) bond motifs is 1. The van der Waals surface area contributed by atoms with Crippen molar-refractivity contribution in [1.29, 1.82) is 0 Å². The van der Waals surface area contributed by atoms with Crippen molar-refractivity contribution in [3.05, 3.63) is 23.8 Å². The van der Waals surface area contributed by atoms with Crippen LogP contribution in [0.3, 0.4) is 0 Å². The number of hydrogen-bond donors (Lipinski definition) is 2. The molecule has 0 aliphatic carbocycles. The molecule has 1 fully saturated rings.